The van der Waals surface area contributed by atoms with Gasteiger partial charge in [-0.3, -0.25) is 9.48 Å². The fourth-order valence-corrected chi connectivity index (χ4v) is 4.31. The van der Waals surface area contributed by atoms with Gasteiger partial charge in [-0.25, -0.2) is 9.78 Å². The number of carbonyl (C=O) groups is 2. The van der Waals surface area contributed by atoms with Gasteiger partial charge in [0.2, 0.25) is 5.91 Å². The van der Waals surface area contributed by atoms with E-state index in [1.54, 1.807) is 27.1 Å². The maximum absolute atomic E-state index is 12.6. The third kappa shape index (κ3) is 3.87. The van der Waals surface area contributed by atoms with Crippen LogP contribution < -0.4 is 10.6 Å². The van der Waals surface area contributed by atoms with Crippen molar-refractivity contribution in [3.8, 4) is 0 Å². The Morgan fingerprint density at radius 2 is 2.12 bits per heavy atom. The lowest BCUT2D eigenvalue weighted by atomic mass is 9.99. The van der Waals surface area contributed by atoms with Gasteiger partial charge in [-0.05, 0) is 19.9 Å². The van der Waals surface area contributed by atoms with Crippen LogP contribution in [0.4, 0.5) is 4.79 Å². The standard InChI is InChI=1S/C17H24N6O2S/c1-10-16(26-12(3)20-10)7-18-17(25)23-8-13(14(9-23)21-11(2)24)15-5-6-19-22(15)4/h5-6,13-14H,7-9H2,1-4H3,(H,18,25)(H,21,24)/t13-,14-/m1/s1. The fraction of sp³-hybridized carbons (Fsp3) is 0.529. The summed E-state index contributed by atoms with van der Waals surface area (Å²) in [6.45, 7) is 6.89. The molecule has 2 atom stereocenters. The second kappa shape index (κ2) is 7.45. The van der Waals surface area contributed by atoms with Gasteiger partial charge in [-0.1, -0.05) is 0 Å². The molecule has 0 unspecified atom stereocenters. The number of nitrogens with zero attached hydrogens (tertiary/aromatic N) is 4. The maximum Gasteiger partial charge on any atom is 0.317 e. The molecule has 26 heavy (non-hydrogen) atoms. The zero-order valence-electron chi connectivity index (χ0n) is 15.4. The molecular weight excluding hydrogens is 352 g/mol. The molecule has 140 valence electrons. The summed E-state index contributed by atoms with van der Waals surface area (Å²) in [6, 6.07) is 1.68. The van der Waals surface area contributed by atoms with E-state index in [9.17, 15) is 9.59 Å². The molecule has 2 aromatic rings. The maximum atomic E-state index is 12.6. The number of carbonyl (C=O) groups excluding carboxylic acids is 2. The van der Waals surface area contributed by atoms with Crippen molar-refractivity contribution in [2.75, 3.05) is 13.1 Å². The van der Waals surface area contributed by atoms with Crippen LogP contribution in [0.5, 0.6) is 0 Å². The first-order valence-electron chi connectivity index (χ1n) is 8.56. The van der Waals surface area contributed by atoms with Gasteiger partial charge < -0.3 is 15.5 Å². The van der Waals surface area contributed by atoms with Crippen LogP contribution in [-0.2, 0) is 18.4 Å². The highest BCUT2D eigenvalue weighted by molar-refractivity contribution is 7.11. The molecule has 2 aromatic heterocycles. The number of hydrogen-bond donors (Lipinski definition) is 2. The lowest BCUT2D eigenvalue weighted by Crippen LogP contribution is -2.42. The summed E-state index contributed by atoms with van der Waals surface area (Å²) in [4.78, 5) is 31.4. The van der Waals surface area contributed by atoms with Crippen LogP contribution >= 0.6 is 11.3 Å². The number of urea groups is 1. The molecule has 3 amide bonds. The Labute approximate surface area is 156 Å². The van der Waals surface area contributed by atoms with Crippen molar-refractivity contribution in [2.45, 2.75) is 39.3 Å². The van der Waals surface area contributed by atoms with Crippen molar-refractivity contribution in [3.05, 3.63) is 33.5 Å². The van der Waals surface area contributed by atoms with Gasteiger partial charge in [0.05, 0.1) is 23.3 Å². The van der Waals surface area contributed by atoms with Crippen LogP contribution in [0, 0.1) is 13.8 Å². The minimum atomic E-state index is -0.129. The molecule has 3 heterocycles. The van der Waals surface area contributed by atoms with E-state index in [4.69, 9.17) is 0 Å². The molecule has 8 nitrogen and oxygen atoms in total. The van der Waals surface area contributed by atoms with Gasteiger partial charge in [-0.15, -0.1) is 11.3 Å². The number of amides is 3. The van der Waals surface area contributed by atoms with Crippen LogP contribution in [0.3, 0.4) is 0 Å². The Balaban J connectivity index is 1.68. The molecule has 0 bridgehead atoms. The molecule has 1 aliphatic heterocycles. The number of likely N-dealkylation sites (tertiary alicyclic amines) is 1. The van der Waals surface area contributed by atoms with E-state index in [1.165, 1.54) is 6.92 Å². The SMILES string of the molecule is CC(=O)N[C@@H]1CN(C(=O)NCc2sc(C)nc2C)C[C@H]1c1ccnn1C. The first-order chi connectivity index (χ1) is 12.3. The molecule has 0 aliphatic carbocycles. The van der Waals surface area contributed by atoms with E-state index < -0.39 is 0 Å². The second-order valence-electron chi connectivity index (χ2n) is 6.60. The van der Waals surface area contributed by atoms with Crippen LogP contribution in [0.25, 0.3) is 0 Å². The molecule has 2 N–H and O–H groups in total. The lowest BCUT2D eigenvalue weighted by molar-refractivity contribution is -0.119. The zero-order valence-corrected chi connectivity index (χ0v) is 16.3. The molecule has 9 heteroatoms. The van der Waals surface area contributed by atoms with Crippen molar-refractivity contribution in [2.24, 2.45) is 7.05 Å². The van der Waals surface area contributed by atoms with Crippen LogP contribution in [0.1, 0.15) is 34.1 Å². The lowest BCUT2D eigenvalue weighted by Gasteiger charge is -2.18. The third-order valence-corrected chi connectivity index (χ3v) is 5.71. The van der Waals surface area contributed by atoms with Crippen molar-refractivity contribution >= 4 is 23.3 Å². The van der Waals surface area contributed by atoms with Gasteiger partial charge >= 0.3 is 6.03 Å². The Hall–Kier alpha value is -2.42. The second-order valence-corrected chi connectivity index (χ2v) is 7.89. The minimum absolute atomic E-state index is 0.0181. The molecule has 3 rings (SSSR count). The number of nitrogens with one attached hydrogen (secondary N) is 2. The quantitative estimate of drug-likeness (QED) is 0.841. The van der Waals surface area contributed by atoms with Gasteiger partial charge in [0, 0.05) is 49.7 Å². The number of rotatable bonds is 4. The summed E-state index contributed by atoms with van der Waals surface area (Å²) >= 11 is 1.60. The minimum Gasteiger partial charge on any atom is -0.351 e. The molecule has 1 aliphatic rings. The third-order valence-electron chi connectivity index (χ3n) is 4.63. The largest absolute Gasteiger partial charge is 0.351 e. The predicted molar refractivity (Wildman–Crippen MR) is 99.0 cm³/mol. The summed E-state index contributed by atoms with van der Waals surface area (Å²) in [5.41, 5.74) is 1.96. The molecule has 0 radical (unpaired) electrons. The van der Waals surface area contributed by atoms with E-state index >= 15 is 0 Å². The molecular formula is C17H24N6O2S. The van der Waals surface area contributed by atoms with E-state index in [0.717, 1.165) is 21.3 Å². The summed E-state index contributed by atoms with van der Waals surface area (Å²) < 4.78 is 1.80. The number of hydrogen-bond acceptors (Lipinski definition) is 5. The smallest absolute Gasteiger partial charge is 0.317 e. The Morgan fingerprint density at radius 1 is 1.35 bits per heavy atom. The number of aryl methyl sites for hydroxylation is 3. The summed E-state index contributed by atoms with van der Waals surface area (Å²) in [7, 11) is 1.87. The Bertz CT molecular complexity index is 814. The first kappa shape index (κ1) is 18.4. The average molecular weight is 376 g/mol. The van der Waals surface area contributed by atoms with Gasteiger partial charge in [0.25, 0.3) is 0 Å². The van der Waals surface area contributed by atoms with Gasteiger partial charge in [0.15, 0.2) is 0 Å². The fourth-order valence-electron chi connectivity index (χ4n) is 3.43. The highest BCUT2D eigenvalue weighted by Gasteiger charge is 2.38. The molecule has 1 fully saturated rings. The van der Waals surface area contributed by atoms with Crippen LogP contribution in [0.2, 0.25) is 0 Å². The van der Waals surface area contributed by atoms with Crippen molar-refractivity contribution in [1.29, 1.82) is 0 Å². The number of thiazole rings is 1. The molecule has 0 saturated carbocycles. The highest BCUT2D eigenvalue weighted by Crippen LogP contribution is 2.27. The van der Waals surface area contributed by atoms with Crippen LogP contribution in [-0.4, -0.2) is 50.7 Å². The monoisotopic (exact) mass is 376 g/mol. The zero-order chi connectivity index (χ0) is 18.8. The molecule has 0 aromatic carbocycles. The highest BCUT2D eigenvalue weighted by atomic mass is 32.1. The van der Waals surface area contributed by atoms with Gasteiger partial charge in [0.1, 0.15) is 0 Å². The normalized spacial score (nSPS) is 19.6. The van der Waals surface area contributed by atoms with E-state index in [-0.39, 0.29) is 23.9 Å². The van der Waals surface area contributed by atoms with E-state index in [0.29, 0.717) is 19.6 Å². The van der Waals surface area contributed by atoms with Crippen molar-refractivity contribution in [3.63, 3.8) is 0 Å². The average Bonchev–Trinajstić information content (AvgIpc) is 3.23. The summed E-state index contributed by atoms with van der Waals surface area (Å²) in [5, 5.41) is 11.1. The number of aromatic nitrogens is 3. The summed E-state index contributed by atoms with van der Waals surface area (Å²) in [5.74, 6) is -0.0790. The van der Waals surface area contributed by atoms with Gasteiger partial charge in [-0.2, -0.15) is 5.10 Å². The Morgan fingerprint density at radius 3 is 2.69 bits per heavy atom. The van der Waals surface area contributed by atoms with E-state index in [1.807, 2.05) is 27.0 Å². The van der Waals surface area contributed by atoms with Crippen LogP contribution in [0.15, 0.2) is 12.3 Å². The van der Waals surface area contributed by atoms with Crippen molar-refractivity contribution in [1.82, 2.24) is 30.3 Å². The summed E-state index contributed by atoms with van der Waals surface area (Å²) in [6.07, 6.45) is 1.73. The topological polar surface area (TPSA) is 92.2 Å². The molecule has 1 saturated heterocycles. The van der Waals surface area contributed by atoms with Crippen molar-refractivity contribution < 1.29 is 9.59 Å². The Kier molecular flexibility index (Phi) is 5.26. The van der Waals surface area contributed by atoms with E-state index in [2.05, 4.69) is 20.7 Å². The predicted octanol–water partition coefficient (Wildman–Crippen LogP) is 1.31. The molecule has 0 spiro atoms. The first-order valence-corrected chi connectivity index (χ1v) is 9.37.